The number of nitrogens with one attached hydrogen (secondary N) is 3. The molecule has 0 fully saturated rings. The van der Waals surface area contributed by atoms with Crippen molar-refractivity contribution < 1.29 is 4.79 Å². The number of rotatable bonds is 6. The van der Waals surface area contributed by atoms with Crippen LogP contribution in [0, 0.1) is 6.92 Å². The van der Waals surface area contributed by atoms with Crippen molar-refractivity contribution in [3.8, 4) is 11.4 Å². The fraction of sp³-hybridized carbons (Fsp3) is 0.368. The van der Waals surface area contributed by atoms with Crippen LogP contribution in [-0.2, 0) is 4.79 Å². The largest absolute Gasteiger partial charge is 0.356 e. The topological polar surface area (TPSA) is 95.6 Å². The molecule has 0 radical (unpaired) electrons. The van der Waals surface area contributed by atoms with Crippen molar-refractivity contribution in [2.45, 2.75) is 39.7 Å². The standard InChI is InChI=1S/C19H23ClN6O/c1-5-6-21-18(27)19(3,4)26-15-11(2)8-22-17(25-15)14-10-24-16-13(14)7-12(20)9-23-16/h7-10H,5-6H2,1-4H3,(H,21,27)(H,23,24)(H,22,25,26). The summed E-state index contributed by atoms with van der Waals surface area (Å²) >= 11 is 6.08. The average Bonchev–Trinajstić information content (AvgIpc) is 3.04. The molecule has 7 nitrogen and oxygen atoms in total. The SMILES string of the molecule is CCCNC(=O)C(C)(C)Nc1nc(-c2c[nH]c3ncc(Cl)cc23)ncc1C. The molecule has 8 heteroatoms. The lowest BCUT2D eigenvalue weighted by Crippen LogP contribution is -2.48. The molecule has 0 atom stereocenters. The highest BCUT2D eigenvalue weighted by Gasteiger charge is 2.28. The first kappa shape index (κ1) is 19.1. The quantitative estimate of drug-likeness (QED) is 0.600. The van der Waals surface area contributed by atoms with Gasteiger partial charge in [0.1, 0.15) is 17.0 Å². The van der Waals surface area contributed by atoms with Gasteiger partial charge in [0.15, 0.2) is 5.82 Å². The number of aromatic nitrogens is 4. The number of amides is 1. The molecule has 1 amide bonds. The highest BCUT2D eigenvalue weighted by Crippen LogP contribution is 2.28. The normalized spacial score (nSPS) is 11.6. The van der Waals surface area contributed by atoms with Crippen LogP contribution in [0.3, 0.4) is 0 Å². The monoisotopic (exact) mass is 386 g/mol. The van der Waals surface area contributed by atoms with Crippen molar-refractivity contribution in [1.82, 2.24) is 25.3 Å². The van der Waals surface area contributed by atoms with Gasteiger partial charge in [0.2, 0.25) is 5.91 Å². The van der Waals surface area contributed by atoms with Gasteiger partial charge in [-0.3, -0.25) is 4.79 Å². The molecule has 142 valence electrons. The van der Waals surface area contributed by atoms with Crippen LogP contribution in [-0.4, -0.2) is 37.9 Å². The molecule has 0 aliphatic rings. The minimum Gasteiger partial charge on any atom is -0.356 e. The van der Waals surface area contributed by atoms with Crippen LogP contribution < -0.4 is 10.6 Å². The third-order valence-electron chi connectivity index (χ3n) is 4.24. The van der Waals surface area contributed by atoms with Gasteiger partial charge in [-0.25, -0.2) is 15.0 Å². The Bertz CT molecular complexity index is 981. The van der Waals surface area contributed by atoms with Crippen LogP contribution in [0.15, 0.2) is 24.7 Å². The van der Waals surface area contributed by atoms with Gasteiger partial charge < -0.3 is 15.6 Å². The molecule has 0 aliphatic heterocycles. The third-order valence-corrected chi connectivity index (χ3v) is 4.45. The van der Waals surface area contributed by atoms with Gasteiger partial charge in [0.25, 0.3) is 0 Å². The lowest BCUT2D eigenvalue weighted by atomic mass is 10.0. The Morgan fingerprint density at radius 3 is 2.81 bits per heavy atom. The van der Waals surface area contributed by atoms with E-state index in [9.17, 15) is 4.79 Å². The van der Waals surface area contributed by atoms with Crippen molar-refractivity contribution in [3.63, 3.8) is 0 Å². The van der Waals surface area contributed by atoms with Crippen LogP contribution in [0.4, 0.5) is 5.82 Å². The molecule has 0 unspecified atom stereocenters. The number of carbonyl (C=O) groups is 1. The highest BCUT2D eigenvalue weighted by atomic mass is 35.5. The van der Waals surface area contributed by atoms with Gasteiger partial charge in [-0.05, 0) is 33.3 Å². The lowest BCUT2D eigenvalue weighted by Gasteiger charge is -2.26. The highest BCUT2D eigenvalue weighted by molar-refractivity contribution is 6.31. The number of H-pyrrole nitrogens is 1. The van der Waals surface area contributed by atoms with Crippen LogP contribution in [0.2, 0.25) is 5.02 Å². The van der Waals surface area contributed by atoms with E-state index in [0.29, 0.717) is 28.9 Å². The molecular weight excluding hydrogens is 364 g/mol. The second kappa shape index (κ2) is 7.52. The van der Waals surface area contributed by atoms with Gasteiger partial charge >= 0.3 is 0 Å². The van der Waals surface area contributed by atoms with E-state index < -0.39 is 5.54 Å². The van der Waals surface area contributed by atoms with Crippen molar-refractivity contribution in [1.29, 1.82) is 0 Å². The van der Waals surface area contributed by atoms with E-state index in [4.69, 9.17) is 11.6 Å². The van der Waals surface area contributed by atoms with Crippen LogP contribution in [0.25, 0.3) is 22.4 Å². The third kappa shape index (κ3) is 4.03. The zero-order chi connectivity index (χ0) is 19.6. The van der Waals surface area contributed by atoms with E-state index in [1.54, 1.807) is 12.4 Å². The van der Waals surface area contributed by atoms with E-state index in [-0.39, 0.29) is 5.91 Å². The van der Waals surface area contributed by atoms with Crippen molar-refractivity contribution in [3.05, 3.63) is 35.2 Å². The molecule has 0 saturated carbocycles. The van der Waals surface area contributed by atoms with Gasteiger partial charge in [-0.15, -0.1) is 0 Å². The molecule has 3 heterocycles. The van der Waals surface area contributed by atoms with Gasteiger partial charge in [-0.2, -0.15) is 0 Å². The maximum Gasteiger partial charge on any atom is 0.245 e. The minimum atomic E-state index is -0.809. The molecular formula is C19H23ClN6O. The molecule has 0 aromatic carbocycles. The summed E-state index contributed by atoms with van der Waals surface area (Å²) in [4.78, 5) is 28.9. The second-order valence-corrected chi connectivity index (χ2v) is 7.42. The molecule has 0 spiro atoms. The first-order chi connectivity index (χ1) is 12.8. The lowest BCUT2D eigenvalue weighted by molar-refractivity contribution is -0.124. The zero-order valence-corrected chi connectivity index (χ0v) is 16.6. The van der Waals surface area contributed by atoms with E-state index in [1.807, 2.05) is 40.0 Å². The van der Waals surface area contributed by atoms with E-state index in [0.717, 1.165) is 22.9 Å². The molecule has 0 bridgehead atoms. The minimum absolute atomic E-state index is 0.0769. The van der Waals surface area contributed by atoms with Gasteiger partial charge in [0.05, 0.1) is 5.02 Å². The molecule has 0 saturated heterocycles. The number of hydrogen-bond donors (Lipinski definition) is 3. The van der Waals surface area contributed by atoms with E-state index in [2.05, 4.69) is 30.6 Å². The van der Waals surface area contributed by atoms with E-state index in [1.165, 1.54) is 0 Å². The smallest absolute Gasteiger partial charge is 0.245 e. The summed E-state index contributed by atoms with van der Waals surface area (Å²) in [6.45, 7) is 8.22. The molecule has 0 aliphatic carbocycles. The number of aromatic amines is 1. The fourth-order valence-electron chi connectivity index (χ4n) is 2.67. The summed E-state index contributed by atoms with van der Waals surface area (Å²) in [5.74, 6) is 1.07. The summed E-state index contributed by atoms with van der Waals surface area (Å²) in [6.07, 6.45) is 6.02. The predicted molar refractivity (Wildman–Crippen MR) is 108 cm³/mol. The van der Waals surface area contributed by atoms with Gasteiger partial charge in [-0.1, -0.05) is 18.5 Å². The molecule has 27 heavy (non-hydrogen) atoms. The maximum atomic E-state index is 12.4. The fourth-order valence-corrected chi connectivity index (χ4v) is 2.83. The Balaban J connectivity index is 1.94. The zero-order valence-electron chi connectivity index (χ0n) is 15.9. The Labute approximate surface area is 163 Å². The summed E-state index contributed by atoms with van der Waals surface area (Å²) in [5.41, 5.74) is 1.56. The number of nitrogens with zero attached hydrogens (tertiary/aromatic N) is 3. The number of halogens is 1. The van der Waals surface area contributed by atoms with Gasteiger partial charge in [0, 0.05) is 41.6 Å². The Kier molecular flexibility index (Phi) is 5.32. The number of carbonyl (C=O) groups excluding carboxylic acids is 1. The number of pyridine rings is 1. The molecule has 3 aromatic heterocycles. The second-order valence-electron chi connectivity index (χ2n) is 6.98. The summed E-state index contributed by atoms with van der Waals surface area (Å²) in [7, 11) is 0. The Morgan fingerprint density at radius 2 is 2.07 bits per heavy atom. The Morgan fingerprint density at radius 1 is 1.30 bits per heavy atom. The van der Waals surface area contributed by atoms with Crippen molar-refractivity contribution in [2.75, 3.05) is 11.9 Å². The molecule has 3 N–H and O–H groups in total. The maximum absolute atomic E-state index is 12.4. The number of aryl methyl sites for hydroxylation is 1. The molecule has 3 aromatic rings. The molecule has 3 rings (SSSR count). The van der Waals surface area contributed by atoms with Crippen molar-refractivity contribution in [2.24, 2.45) is 0 Å². The summed E-state index contributed by atoms with van der Waals surface area (Å²) < 4.78 is 0. The first-order valence-corrected chi connectivity index (χ1v) is 9.22. The van der Waals surface area contributed by atoms with Crippen molar-refractivity contribution >= 4 is 34.4 Å². The number of hydrogen-bond acceptors (Lipinski definition) is 5. The van der Waals surface area contributed by atoms with Crippen LogP contribution in [0.1, 0.15) is 32.8 Å². The predicted octanol–water partition coefficient (Wildman–Crippen LogP) is 3.70. The van der Waals surface area contributed by atoms with E-state index >= 15 is 0 Å². The first-order valence-electron chi connectivity index (χ1n) is 8.85. The summed E-state index contributed by atoms with van der Waals surface area (Å²) in [6, 6.07) is 1.83. The average molecular weight is 387 g/mol. The Hall–Kier alpha value is -2.67. The number of fused-ring (bicyclic) bond motifs is 1. The van der Waals surface area contributed by atoms with Crippen LogP contribution >= 0.6 is 11.6 Å². The summed E-state index contributed by atoms with van der Waals surface area (Å²) in [5, 5.41) is 7.54. The number of anilines is 1. The van der Waals surface area contributed by atoms with Crippen LogP contribution in [0.5, 0.6) is 0 Å².